The van der Waals surface area contributed by atoms with Crippen LogP contribution in [0, 0.1) is 18.2 Å². The van der Waals surface area contributed by atoms with Gasteiger partial charge in [0.25, 0.3) is 0 Å². The van der Waals surface area contributed by atoms with E-state index < -0.39 is 6.71 Å². The standard InChI is InChI=1S/C11H8BNO/c1-8-2-4-10-9(6-8)3-5-11(14)12(10)7-13/h2-6H,1H3. The Bertz CT molecular complexity index is 471. The summed E-state index contributed by atoms with van der Waals surface area (Å²) in [5.41, 5.74) is 2.82. The van der Waals surface area contributed by atoms with Crippen molar-refractivity contribution in [3.63, 3.8) is 0 Å². The molecule has 0 bridgehead atoms. The molecule has 66 valence electrons. The number of carbonyl (C=O) groups excluding carboxylic acids is 1. The van der Waals surface area contributed by atoms with Crippen molar-refractivity contribution in [2.75, 3.05) is 0 Å². The Balaban J connectivity index is 2.61. The van der Waals surface area contributed by atoms with E-state index in [4.69, 9.17) is 5.26 Å². The van der Waals surface area contributed by atoms with Gasteiger partial charge in [-0.2, -0.15) is 0 Å². The van der Waals surface area contributed by atoms with E-state index in [1.807, 2.05) is 31.1 Å². The predicted octanol–water partition coefficient (Wildman–Crippen LogP) is 0.895. The number of nitriles is 1. The Labute approximate surface area is 82.9 Å². The lowest BCUT2D eigenvalue weighted by Gasteiger charge is -2.12. The molecule has 0 aromatic heterocycles. The summed E-state index contributed by atoms with van der Waals surface area (Å²) in [6.45, 7) is 1.38. The van der Waals surface area contributed by atoms with Crippen LogP contribution in [-0.4, -0.2) is 12.4 Å². The highest BCUT2D eigenvalue weighted by molar-refractivity contribution is 7.06. The maximum Gasteiger partial charge on any atom is 0.381 e. The van der Waals surface area contributed by atoms with E-state index in [1.165, 1.54) is 6.08 Å². The van der Waals surface area contributed by atoms with Crippen molar-refractivity contribution in [1.82, 2.24) is 0 Å². The number of nitrogens with zero attached hydrogens (tertiary/aromatic N) is 1. The SMILES string of the molecule is Cc1ccc2c(c1)C=CC(=O)B2C#N. The zero-order chi connectivity index (χ0) is 10.1. The number of hydrogen-bond donors (Lipinski definition) is 0. The molecule has 14 heavy (non-hydrogen) atoms. The highest BCUT2D eigenvalue weighted by Crippen LogP contribution is 2.10. The third-order valence-electron chi connectivity index (χ3n) is 2.39. The van der Waals surface area contributed by atoms with E-state index >= 15 is 0 Å². The zero-order valence-electron chi connectivity index (χ0n) is 7.82. The van der Waals surface area contributed by atoms with Crippen LogP contribution in [0.3, 0.4) is 0 Å². The average Bonchev–Trinajstić information content (AvgIpc) is 2.18. The van der Waals surface area contributed by atoms with E-state index in [0.29, 0.717) is 0 Å². The first-order valence-electron chi connectivity index (χ1n) is 4.44. The largest absolute Gasteiger partial charge is 0.381 e. The maximum atomic E-state index is 11.4. The second-order valence-electron chi connectivity index (χ2n) is 3.43. The average molecular weight is 181 g/mol. The van der Waals surface area contributed by atoms with Gasteiger partial charge in [0.05, 0.1) is 0 Å². The molecule has 0 atom stereocenters. The second kappa shape index (κ2) is 3.15. The molecule has 0 aliphatic carbocycles. The molecule has 0 unspecified atom stereocenters. The molecule has 0 N–H and O–H groups in total. The van der Waals surface area contributed by atoms with Gasteiger partial charge in [-0.25, -0.2) is 5.26 Å². The number of allylic oxidation sites excluding steroid dienone is 1. The number of aryl methyl sites for hydroxylation is 1. The van der Waals surface area contributed by atoms with Crippen LogP contribution in [0.2, 0.25) is 0 Å². The van der Waals surface area contributed by atoms with Crippen molar-refractivity contribution in [3.05, 3.63) is 35.4 Å². The third kappa shape index (κ3) is 1.25. The first-order chi connectivity index (χ1) is 6.72. The highest BCUT2D eigenvalue weighted by atomic mass is 16.1. The van der Waals surface area contributed by atoms with Gasteiger partial charge in [0.15, 0.2) is 0 Å². The molecule has 0 saturated carbocycles. The number of benzene rings is 1. The quantitative estimate of drug-likeness (QED) is 0.557. The minimum absolute atomic E-state index is 0.121. The smallest absolute Gasteiger partial charge is 0.304 e. The van der Waals surface area contributed by atoms with Crippen molar-refractivity contribution in [1.29, 1.82) is 5.26 Å². The molecule has 1 aromatic carbocycles. The normalized spacial score (nSPS) is 13.7. The van der Waals surface area contributed by atoms with Crippen LogP contribution in [0.5, 0.6) is 0 Å². The van der Waals surface area contributed by atoms with Crippen molar-refractivity contribution >= 4 is 23.9 Å². The third-order valence-corrected chi connectivity index (χ3v) is 2.39. The van der Waals surface area contributed by atoms with E-state index in [1.54, 1.807) is 6.08 Å². The van der Waals surface area contributed by atoms with Gasteiger partial charge >= 0.3 is 6.71 Å². The van der Waals surface area contributed by atoms with Crippen molar-refractivity contribution in [2.45, 2.75) is 6.92 Å². The van der Waals surface area contributed by atoms with Crippen LogP contribution in [0.4, 0.5) is 0 Å². The van der Waals surface area contributed by atoms with E-state index in [0.717, 1.165) is 16.6 Å². The minimum Gasteiger partial charge on any atom is -0.304 e. The van der Waals surface area contributed by atoms with Crippen molar-refractivity contribution in [3.8, 4) is 5.97 Å². The molecule has 1 aliphatic rings. The summed E-state index contributed by atoms with van der Waals surface area (Å²) in [6, 6.07) is 5.78. The van der Waals surface area contributed by atoms with Gasteiger partial charge in [0.1, 0.15) is 5.68 Å². The summed E-state index contributed by atoms with van der Waals surface area (Å²) in [5.74, 6) is 2.03. The summed E-state index contributed by atoms with van der Waals surface area (Å²) >= 11 is 0. The minimum atomic E-state index is -0.615. The summed E-state index contributed by atoms with van der Waals surface area (Å²) in [7, 11) is 0. The topological polar surface area (TPSA) is 40.9 Å². The Kier molecular flexibility index (Phi) is 1.97. The van der Waals surface area contributed by atoms with Gasteiger partial charge in [0, 0.05) is 5.97 Å². The molecule has 0 amide bonds. The molecule has 3 heteroatoms. The van der Waals surface area contributed by atoms with E-state index in [9.17, 15) is 4.79 Å². The Morgan fingerprint density at radius 2 is 2.14 bits per heavy atom. The van der Waals surface area contributed by atoms with Gasteiger partial charge in [0.2, 0.25) is 0 Å². The van der Waals surface area contributed by atoms with Crippen LogP contribution in [0.1, 0.15) is 11.1 Å². The van der Waals surface area contributed by atoms with E-state index in [-0.39, 0.29) is 5.68 Å². The van der Waals surface area contributed by atoms with Crippen LogP contribution in [0.15, 0.2) is 24.3 Å². The maximum absolute atomic E-state index is 11.4. The molecule has 2 rings (SSSR count). The number of fused-ring (bicyclic) bond motifs is 1. The Morgan fingerprint density at radius 3 is 2.86 bits per heavy atom. The second-order valence-corrected chi connectivity index (χ2v) is 3.43. The summed E-state index contributed by atoms with van der Waals surface area (Å²) in [6.07, 6.45) is 3.26. The summed E-state index contributed by atoms with van der Waals surface area (Å²) in [4.78, 5) is 11.4. The van der Waals surface area contributed by atoms with Gasteiger partial charge < -0.3 is 4.79 Å². The fourth-order valence-corrected chi connectivity index (χ4v) is 1.66. The van der Waals surface area contributed by atoms with Gasteiger partial charge in [-0.3, -0.25) is 0 Å². The molecule has 0 fully saturated rings. The highest BCUT2D eigenvalue weighted by Gasteiger charge is 2.28. The van der Waals surface area contributed by atoms with Gasteiger partial charge in [-0.05, 0) is 24.0 Å². The molecular weight excluding hydrogens is 173 g/mol. The molecule has 1 aliphatic heterocycles. The lowest BCUT2D eigenvalue weighted by molar-refractivity contribution is -0.108. The first-order valence-corrected chi connectivity index (χ1v) is 4.44. The van der Waals surface area contributed by atoms with Crippen molar-refractivity contribution < 1.29 is 4.79 Å². The fraction of sp³-hybridized carbons (Fsp3) is 0.0909. The van der Waals surface area contributed by atoms with Crippen LogP contribution >= 0.6 is 0 Å². The molecule has 1 aromatic rings. The first kappa shape index (κ1) is 8.77. The van der Waals surface area contributed by atoms with Crippen molar-refractivity contribution in [2.24, 2.45) is 0 Å². The molecule has 2 nitrogen and oxygen atoms in total. The van der Waals surface area contributed by atoms with Crippen LogP contribution in [0.25, 0.3) is 6.08 Å². The molecule has 0 saturated heterocycles. The van der Waals surface area contributed by atoms with Crippen LogP contribution < -0.4 is 5.46 Å². The number of rotatable bonds is 0. The van der Waals surface area contributed by atoms with Gasteiger partial charge in [-0.1, -0.05) is 29.8 Å². The lowest BCUT2D eigenvalue weighted by Crippen LogP contribution is -2.40. The summed E-state index contributed by atoms with van der Waals surface area (Å²) in [5, 5.41) is 8.87. The molecular formula is C11H8BNO. The Morgan fingerprint density at radius 1 is 1.36 bits per heavy atom. The fourth-order valence-electron chi connectivity index (χ4n) is 1.66. The summed E-state index contributed by atoms with van der Waals surface area (Å²) < 4.78 is 0. The number of carbonyl (C=O) groups is 1. The van der Waals surface area contributed by atoms with E-state index in [2.05, 4.69) is 0 Å². The zero-order valence-corrected chi connectivity index (χ0v) is 7.82. The number of hydrogen-bond acceptors (Lipinski definition) is 2. The molecule has 0 spiro atoms. The molecule has 1 heterocycles. The Hall–Kier alpha value is -1.82. The predicted molar refractivity (Wildman–Crippen MR) is 56.2 cm³/mol. The lowest BCUT2D eigenvalue weighted by atomic mass is 9.41. The molecule has 0 radical (unpaired) electrons. The van der Waals surface area contributed by atoms with Crippen LogP contribution in [-0.2, 0) is 4.79 Å². The monoisotopic (exact) mass is 181 g/mol. The van der Waals surface area contributed by atoms with Gasteiger partial charge in [-0.15, -0.1) is 0 Å².